The zero-order valence-electron chi connectivity index (χ0n) is 15.7. The molecule has 148 valence electrons. The standard InChI is InChI=1S/C21H18N2O5S/c1-12-6-13-7-17-19(28-11-27-17)9-15(13)23-21(12)29-10-20(24)22-14-2-3-16-18(8-14)26-5-4-25-16/h2-3,6-9H,4-5,10-11H2,1H3,(H,22,24). The van der Waals surface area contributed by atoms with Crippen molar-refractivity contribution in [3.8, 4) is 23.0 Å². The van der Waals surface area contributed by atoms with Crippen LogP contribution in [0.25, 0.3) is 10.9 Å². The third-order valence-corrected chi connectivity index (χ3v) is 5.71. The van der Waals surface area contributed by atoms with Crippen molar-refractivity contribution in [2.24, 2.45) is 0 Å². The van der Waals surface area contributed by atoms with Gasteiger partial charge in [-0.2, -0.15) is 0 Å². The number of rotatable bonds is 4. The fourth-order valence-corrected chi connectivity index (χ4v) is 4.04. The molecule has 29 heavy (non-hydrogen) atoms. The molecule has 2 aromatic carbocycles. The number of thioether (sulfide) groups is 1. The van der Waals surface area contributed by atoms with Gasteiger partial charge in [-0.3, -0.25) is 4.79 Å². The minimum atomic E-state index is -0.112. The zero-order chi connectivity index (χ0) is 19.8. The number of amides is 1. The van der Waals surface area contributed by atoms with Crippen LogP contribution in [-0.2, 0) is 4.79 Å². The quantitative estimate of drug-likeness (QED) is 0.656. The molecule has 0 bridgehead atoms. The van der Waals surface area contributed by atoms with E-state index in [9.17, 15) is 4.79 Å². The Morgan fingerprint density at radius 2 is 1.76 bits per heavy atom. The number of benzene rings is 2. The minimum Gasteiger partial charge on any atom is -0.486 e. The van der Waals surface area contributed by atoms with E-state index in [2.05, 4.69) is 5.32 Å². The molecule has 0 saturated heterocycles. The number of fused-ring (bicyclic) bond motifs is 3. The zero-order valence-corrected chi connectivity index (χ0v) is 16.5. The number of carbonyl (C=O) groups is 1. The first-order valence-corrected chi connectivity index (χ1v) is 10.2. The van der Waals surface area contributed by atoms with Crippen LogP contribution in [0.1, 0.15) is 5.56 Å². The number of hydrogen-bond donors (Lipinski definition) is 1. The largest absolute Gasteiger partial charge is 0.486 e. The van der Waals surface area contributed by atoms with Gasteiger partial charge < -0.3 is 24.3 Å². The molecule has 8 heteroatoms. The van der Waals surface area contributed by atoms with Crippen LogP contribution in [0.3, 0.4) is 0 Å². The summed E-state index contributed by atoms with van der Waals surface area (Å²) >= 11 is 1.40. The van der Waals surface area contributed by atoms with Gasteiger partial charge in [0, 0.05) is 23.2 Å². The number of carbonyl (C=O) groups excluding carboxylic acids is 1. The normalized spacial score (nSPS) is 14.1. The van der Waals surface area contributed by atoms with Crippen LogP contribution >= 0.6 is 11.8 Å². The molecule has 0 spiro atoms. The van der Waals surface area contributed by atoms with E-state index < -0.39 is 0 Å². The monoisotopic (exact) mass is 410 g/mol. The Kier molecular flexibility index (Phi) is 4.55. The third kappa shape index (κ3) is 3.63. The number of pyridine rings is 1. The Balaban J connectivity index is 1.28. The van der Waals surface area contributed by atoms with Gasteiger partial charge in [0.2, 0.25) is 12.7 Å². The lowest BCUT2D eigenvalue weighted by molar-refractivity contribution is -0.113. The summed E-state index contributed by atoms with van der Waals surface area (Å²) in [5.41, 5.74) is 2.50. The van der Waals surface area contributed by atoms with Gasteiger partial charge in [-0.25, -0.2) is 4.98 Å². The van der Waals surface area contributed by atoms with E-state index in [1.807, 2.05) is 25.1 Å². The average molecular weight is 410 g/mol. The Labute approximate surface area is 171 Å². The maximum absolute atomic E-state index is 12.4. The first-order chi connectivity index (χ1) is 14.2. The molecular formula is C21H18N2O5S. The molecular weight excluding hydrogens is 392 g/mol. The van der Waals surface area contributed by atoms with Crippen molar-refractivity contribution in [3.05, 3.63) is 42.0 Å². The van der Waals surface area contributed by atoms with Gasteiger partial charge in [0.1, 0.15) is 18.2 Å². The van der Waals surface area contributed by atoms with Crippen LogP contribution in [0.15, 0.2) is 41.4 Å². The highest BCUT2D eigenvalue weighted by Gasteiger charge is 2.17. The number of aryl methyl sites for hydroxylation is 1. The first-order valence-electron chi connectivity index (χ1n) is 9.19. The fourth-order valence-electron chi connectivity index (χ4n) is 3.25. The lowest BCUT2D eigenvalue weighted by Crippen LogP contribution is -2.17. The van der Waals surface area contributed by atoms with Gasteiger partial charge in [0.05, 0.1) is 11.3 Å². The molecule has 3 aromatic rings. The number of ether oxygens (including phenoxy) is 4. The van der Waals surface area contributed by atoms with Gasteiger partial charge >= 0.3 is 0 Å². The topological polar surface area (TPSA) is 78.9 Å². The van der Waals surface area contributed by atoms with Gasteiger partial charge in [-0.05, 0) is 36.8 Å². The highest BCUT2D eigenvalue weighted by atomic mass is 32.2. The highest BCUT2D eigenvalue weighted by molar-refractivity contribution is 8.00. The molecule has 3 heterocycles. The van der Waals surface area contributed by atoms with Crippen LogP contribution in [0.5, 0.6) is 23.0 Å². The SMILES string of the molecule is Cc1cc2cc3c(cc2nc1SCC(=O)Nc1ccc2c(c1)OCCO2)OCO3. The molecule has 7 nitrogen and oxygen atoms in total. The average Bonchev–Trinajstić information content (AvgIpc) is 3.18. The van der Waals surface area contributed by atoms with E-state index in [0.717, 1.165) is 27.2 Å². The second-order valence-electron chi connectivity index (χ2n) is 6.70. The van der Waals surface area contributed by atoms with E-state index >= 15 is 0 Å². The Morgan fingerprint density at radius 1 is 1.00 bits per heavy atom. The lowest BCUT2D eigenvalue weighted by atomic mass is 10.1. The van der Waals surface area contributed by atoms with E-state index in [-0.39, 0.29) is 18.5 Å². The summed E-state index contributed by atoms with van der Waals surface area (Å²) in [5.74, 6) is 2.91. The van der Waals surface area contributed by atoms with Crippen molar-refractivity contribution in [1.29, 1.82) is 0 Å². The van der Waals surface area contributed by atoms with Crippen molar-refractivity contribution in [2.75, 3.05) is 31.1 Å². The summed E-state index contributed by atoms with van der Waals surface area (Å²) in [6.45, 7) is 3.26. The number of nitrogens with zero attached hydrogens (tertiary/aromatic N) is 1. The van der Waals surface area contributed by atoms with Gasteiger partial charge in [-0.1, -0.05) is 11.8 Å². The van der Waals surface area contributed by atoms with Crippen molar-refractivity contribution in [3.63, 3.8) is 0 Å². The Morgan fingerprint density at radius 3 is 2.62 bits per heavy atom. The van der Waals surface area contributed by atoms with Crippen LogP contribution in [0, 0.1) is 6.92 Å². The second kappa shape index (κ2) is 7.36. The Bertz CT molecular complexity index is 1120. The predicted molar refractivity (Wildman–Crippen MR) is 109 cm³/mol. The third-order valence-electron chi connectivity index (χ3n) is 4.62. The molecule has 1 amide bonds. The summed E-state index contributed by atoms with van der Waals surface area (Å²) in [6, 6.07) is 11.2. The lowest BCUT2D eigenvalue weighted by Gasteiger charge is -2.19. The number of hydrogen-bond acceptors (Lipinski definition) is 7. The summed E-state index contributed by atoms with van der Waals surface area (Å²) in [5, 5.41) is 4.69. The highest BCUT2D eigenvalue weighted by Crippen LogP contribution is 2.37. The number of aromatic nitrogens is 1. The molecule has 1 N–H and O–H groups in total. The maximum atomic E-state index is 12.4. The van der Waals surface area contributed by atoms with Crippen LogP contribution in [0.4, 0.5) is 5.69 Å². The molecule has 5 rings (SSSR count). The van der Waals surface area contributed by atoms with Crippen LogP contribution in [-0.4, -0.2) is 36.7 Å². The molecule has 2 aliphatic rings. The summed E-state index contributed by atoms with van der Waals surface area (Å²) < 4.78 is 21.9. The molecule has 1 aromatic heterocycles. The van der Waals surface area contributed by atoms with Crippen molar-refractivity contribution < 1.29 is 23.7 Å². The first kappa shape index (κ1) is 17.9. The molecule has 0 radical (unpaired) electrons. The molecule has 0 saturated carbocycles. The summed E-state index contributed by atoms with van der Waals surface area (Å²) in [6.07, 6.45) is 0. The molecule has 2 aliphatic heterocycles. The van der Waals surface area contributed by atoms with Gasteiger partial charge in [0.15, 0.2) is 23.0 Å². The van der Waals surface area contributed by atoms with Gasteiger partial charge in [0.25, 0.3) is 0 Å². The second-order valence-corrected chi connectivity index (χ2v) is 7.67. The minimum absolute atomic E-state index is 0.112. The van der Waals surface area contributed by atoms with E-state index in [0.29, 0.717) is 36.1 Å². The van der Waals surface area contributed by atoms with E-state index in [1.165, 1.54) is 11.8 Å². The van der Waals surface area contributed by atoms with Crippen molar-refractivity contribution >= 4 is 34.3 Å². The summed E-state index contributed by atoms with van der Waals surface area (Å²) in [7, 11) is 0. The molecule has 0 unspecified atom stereocenters. The van der Waals surface area contributed by atoms with Crippen LogP contribution < -0.4 is 24.3 Å². The fraction of sp³-hybridized carbons (Fsp3) is 0.238. The van der Waals surface area contributed by atoms with Crippen LogP contribution in [0.2, 0.25) is 0 Å². The van der Waals surface area contributed by atoms with Gasteiger partial charge in [-0.15, -0.1) is 0 Å². The maximum Gasteiger partial charge on any atom is 0.234 e. The number of anilines is 1. The molecule has 0 atom stereocenters. The number of nitrogens with one attached hydrogen (secondary N) is 1. The van der Waals surface area contributed by atoms with Crippen molar-refractivity contribution in [1.82, 2.24) is 4.98 Å². The van der Waals surface area contributed by atoms with E-state index in [4.69, 9.17) is 23.9 Å². The smallest absolute Gasteiger partial charge is 0.234 e. The summed E-state index contributed by atoms with van der Waals surface area (Å²) in [4.78, 5) is 17.1. The molecule has 0 aliphatic carbocycles. The Hall–Kier alpha value is -3.13. The van der Waals surface area contributed by atoms with E-state index in [1.54, 1.807) is 18.2 Å². The van der Waals surface area contributed by atoms with Crippen molar-refractivity contribution in [2.45, 2.75) is 11.9 Å². The predicted octanol–water partition coefficient (Wildman–Crippen LogP) is 3.77. The molecule has 0 fully saturated rings.